The van der Waals surface area contributed by atoms with Crippen molar-refractivity contribution in [2.24, 2.45) is 11.3 Å². The summed E-state index contributed by atoms with van der Waals surface area (Å²) < 4.78 is 0. The summed E-state index contributed by atoms with van der Waals surface area (Å²) >= 11 is 0. The van der Waals surface area contributed by atoms with Gasteiger partial charge in [-0.15, -0.1) is 0 Å². The van der Waals surface area contributed by atoms with E-state index in [9.17, 15) is 14.7 Å². The van der Waals surface area contributed by atoms with Crippen LogP contribution in [0.4, 0.5) is 4.79 Å². The molecule has 2 unspecified atom stereocenters. The van der Waals surface area contributed by atoms with Crippen LogP contribution in [-0.2, 0) is 4.79 Å². The van der Waals surface area contributed by atoms with Crippen LogP contribution in [0.5, 0.6) is 0 Å². The second-order valence-corrected chi connectivity index (χ2v) is 7.00. The van der Waals surface area contributed by atoms with E-state index in [1.165, 1.54) is 0 Å². The Morgan fingerprint density at radius 3 is 2.20 bits per heavy atom. The highest BCUT2D eigenvalue weighted by Gasteiger charge is 2.37. The highest BCUT2D eigenvalue weighted by molar-refractivity contribution is 5.83. The van der Waals surface area contributed by atoms with Crippen LogP contribution in [-0.4, -0.2) is 66.2 Å². The number of likely N-dealkylation sites (N-methyl/N-ethyl adjacent to an activating group) is 1. The van der Waals surface area contributed by atoms with Crippen molar-refractivity contribution in [2.45, 2.75) is 39.8 Å². The standard InChI is InChI=1S/C14H27N3O3/c1-9-7-17(8-10(9)16(5)6)13(20)15-11(12(18)19)14(2,3)4/h9-11H,7-8H2,1-6H3,(H,15,20)(H,18,19)/t9?,10?,11-/m1/s1. The number of urea groups is 1. The lowest BCUT2D eigenvalue weighted by Gasteiger charge is -2.30. The number of aliphatic carboxylic acids is 1. The van der Waals surface area contributed by atoms with E-state index in [1.54, 1.807) is 25.7 Å². The molecule has 0 bridgehead atoms. The maximum atomic E-state index is 12.3. The summed E-state index contributed by atoms with van der Waals surface area (Å²) in [4.78, 5) is 27.4. The third kappa shape index (κ3) is 3.85. The van der Waals surface area contributed by atoms with Crippen molar-refractivity contribution < 1.29 is 14.7 Å². The van der Waals surface area contributed by atoms with E-state index in [1.807, 2.05) is 14.1 Å². The number of nitrogens with one attached hydrogen (secondary N) is 1. The summed E-state index contributed by atoms with van der Waals surface area (Å²) in [5, 5.41) is 11.9. The Morgan fingerprint density at radius 2 is 1.85 bits per heavy atom. The molecule has 1 saturated heterocycles. The molecule has 1 aliphatic rings. The summed E-state index contributed by atoms with van der Waals surface area (Å²) in [7, 11) is 4.00. The molecule has 6 nitrogen and oxygen atoms in total. The normalized spacial score (nSPS) is 24.9. The summed E-state index contributed by atoms with van der Waals surface area (Å²) in [6.45, 7) is 8.82. The average Bonchev–Trinajstić information content (AvgIpc) is 2.65. The van der Waals surface area contributed by atoms with Gasteiger partial charge in [0.15, 0.2) is 0 Å². The minimum Gasteiger partial charge on any atom is -0.480 e. The first-order valence-corrected chi connectivity index (χ1v) is 6.98. The molecule has 3 atom stereocenters. The van der Waals surface area contributed by atoms with Crippen molar-refractivity contribution in [3.05, 3.63) is 0 Å². The predicted molar refractivity (Wildman–Crippen MR) is 77.6 cm³/mol. The molecule has 1 fully saturated rings. The maximum absolute atomic E-state index is 12.3. The highest BCUT2D eigenvalue weighted by atomic mass is 16.4. The van der Waals surface area contributed by atoms with E-state index >= 15 is 0 Å². The van der Waals surface area contributed by atoms with Gasteiger partial charge in [0.25, 0.3) is 0 Å². The Bertz CT molecular complexity index is 376. The van der Waals surface area contributed by atoms with Crippen LogP contribution in [0.25, 0.3) is 0 Å². The van der Waals surface area contributed by atoms with Crippen LogP contribution in [0, 0.1) is 11.3 Å². The van der Waals surface area contributed by atoms with Crippen LogP contribution in [0.2, 0.25) is 0 Å². The lowest BCUT2D eigenvalue weighted by molar-refractivity contribution is -0.142. The molecule has 1 aliphatic heterocycles. The fourth-order valence-corrected chi connectivity index (χ4v) is 2.65. The molecule has 2 N–H and O–H groups in total. The van der Waals surface area contributed by atoms with Gasteiger partial charge in [-0.1, -0.05) is 27.7 Å². The molecular weight excluding hydrogens is 258 g/mol. The van der Waals surface area contributed by atoms with Gasteiger partial charge in [-0.25, -0.2) is 9.59 Å². The van der Waals surface area contributed by atoms with Crippen molar-refractivity contribution in [3.63, 3.8) is 0 Å². The fraction of sp³-hybridized carbons (Fsp3) is 0.857. The molecule has 0 radical (unpaired) electrons. The first-order chi connectivity index (χ1) is 9.04. The molecule has 0 aromatic rings. The maximum Gasteiger partial charge on any atom is 0.326 e. The zero-order valence-corrected chi connectivity index (χ0v) is 13.3. The van der Waals surface area contributed by atoms with Gasteiger partial charge in [0.05, 0.1) is 0 Å². The summed E-state index contributed by atoms with van der Waals surface area (Å²) in [5.74, 6) is -0.615. The van der Waals surface area contributed by atoms with E-state index in [2.05, 4.69) is 17.1 Å². The summed E-state index contributed by atoms with van der Waals surface area (Å²) in [6, 6.07) is -0.856. The summed E-state index contributed by atoms with van der Waals surface area (Å²) in [5.41, 5.74) is -0.520. The van der Waals surface area contributed by atoms with Crippen LogP contribution < -0.4 is 5.32 Å². The number of hydrogen-bond acceptors (Lipinski definition) is 3. The van der Waals surface area contributed by atoms with E-state index in [-0.39, 0.29) is 6.03 Å². The number of carboxylic acids is 1. The minimum absolute atomic E-state index is 0.288. The largest absolute Gasteiger partial charge is 0.480 e. The van der Waals surface area contributed by atoms with Crippen molar-refractivity contribution in [2.75, 3.05) is 27.2 Å². The van der Waals surface area contributed by atoms with E-state index < -0.39 is 17.4 Å². The third-order valence-corrected chi connectivity index (χ3v) is 3.90. The number of carbonyl (C=O) groups excluding carboxylic acids is 1. The van der Waals surface area contributed by atoms with Crippen LogP contribution in [0.15, 0.2) is 0 Å². The molecule has 6 heteroatoms. The molecule has 0 aromatic carbocycles. The zero-order valence-electron chi connectivity index (χ0n) is 13.3. The number of rotatable bonds is 3. The van der Waals surface area contributed by atoms with Crippen LogP contribution >= 0.6 is 0 Å². The van der Waals surface area contributed by atoms with Crippen molar-refractivity contribution in [1.29, 1.82) is 0 Å². The van der Waals surface area contributed by atoms with Crippen molar-refractivity contribution in [1.82, 2.24) is 15.1 Å². The third-order valence-electron chi connectivity index (χ3n) is 3.90. The average molecular weight is 285 g/mol. The van der Waals surface area contributed by atoms with Gasteiger partial charge in [0.2, 0.25) is 0 Å². The first-order valence-electron chi connectivity index (χ1n) is 6.98. The molecule has 20 heavy (non-hydrogen) atoms. The molecule has 1 heterocycles. The molecule has 2 amide bonds. The molecule has 0 aromatic heterocycles. The number of likely N-dealkylation sites (tertiary alicyclic amines) is 1. The quantitative estimate of drug-likeness (QED) is 0.814. The topological polar surface area (TPSA) is 72.9 Å². The van der Waals surface area contributed by atoms with E-state index in [0.29, 0.717) is 25.0 Å². The number of nitrogens with zero attached hydrogens (tertiary/aromatic N) is 2. The van der Waals surface area contributed by atoms with Gasteiger partial charge < -0.3 is 20.2 Å². The molecule has 0 aliphatic carbocycles. The molecule has 1 rings (SSSR count). The predicted octanol–water partition coefficient (Wildman–Crippen LogP) is 1.08. The van der Waals surface area contributed by atoms with Gasteiger partial charge in [-0.3, -0.25) is 0 Å². The van der Waals surface area contributed by atoms with Crippen LogP contribution in [0.3, 0.4) is 0 Å². The molecule has 0 spiro atoms. The second-order valence-electron chi connectivity index (χ2n) is 7.00. The smallest absolute Gasteiger partial charge is 0.326 e. The molecule has 116 valence electrons. The van der Waals surface area contributed by atoms with Crippen molar-refractivity contribution >= 4 is 12.0 Å². The van der Waals surface area contributed by atoms with Gasteiger partial charge in [0.1, 0.15) is 6.04 Å². The molecular formula is C14H27N3O3. The first kappa shape index (κ1) is 16.8. The monoisotopic (exact) mass is 285 g/mol. The van der Waals surface area contributed by atoms with Gasteiger partial charge in [0, 0.05) is 19.1 Å². The highest BCUT2D eigenvalue weighted by Crippen LogP contribution is 2.22. The van der Waals surface area contributed by atoms with Crippen molar-refractivity contribution in [3.8, 4) is 0 Å². The SMILES string of the molecule is CC1CN(C(=O)N[C@H](C(=O)O)C(C)(C)C)CC1N(C)C. The van der Waals surface area contributed by atoms with Gasteiger partial charge in [-0.2, -0.15) is 0 Å². The van der Waals surface area contributed by atoms with Crippen LogP contribution in [0.1, 0.15) is 27.7 Å². The fourth-order valence-electron chi connectivity index (χ4n) is 2.65. The Morgan fingerprint density at radius 1 is 1.30 bits per heavy atom. The second kappa shape index (κ2) is 5.99. The number of carbonyl (C=O) groups is 2. The number of carboxylic acid groups (broad SMARTS) is 1. The van der Waals surface area contributed by atoms with E-state index in [4.69, 9.17) is 0 Å². The van der Waals surface area contributed by atoms with E-state index in [0.717, 1.165) is 0 Å². The Kier molecular flexibility index (Phi) is 5.02. The summed E-state index contributed by atoms with van der Waals surface area (Å²) in [6.07, 6.45) is 0. The lowest BCUT2D eigenvalue weighted by atomic mass is 9.87. The number of amides is 2. The van der Waals surface area contributed by atoms with Gasteiger partial charge >= 0.3 is 12.0 Å². The zero-order chi connectivity index (χ0) is 15.7. The number of hydrogen-bond donors (Lipinski definition) is 2. The lowest BCUT2D eigenvalue weighted by Crippen LogP contribution is -2.53. The Labute approximate surface area is 121 Å². The Hall–Kier alpha value is -1.30. The molecule has 0 saturated carbocycles. The Balaban J connectivity index is 2.70. The minimum atomic E-state index is -0.998. The van der Waals surface area contributed by atoms with Gasteiger partial charge in [-0.05, 0) is 25.4 Å².